The molecule has 1 rings (SSSR count). The Labute approximate surface area is 77.8 Å². The van der Waals surface area contributed by atoms with Crippen molar-refractivity contribution in [3.63, 3.8) is 0 Å². The average Bonchev–Trinajstić information content (AvgIpc) is 2.17. The van der Waals surface area contributed by atoms with E-state index in [1.807, 2.05) is 42.5 Å². The molecule has 2 heteroatoms. The van der Waals surface area contributed by atoms with Crippen molar-refractivity contribution in [3.8, 4) is 6.07 Å². The molecule has 0 radical (unpaired) electrons. The van der Waals surface area contributed by atoms with E-state index in [9.17, 15) is 5.11 Å². The van der Waals surface area contributed by atoms with Crippen LogP contribution in [0, 0.1) is 11.3 Å². The molecule has 0 aliphatic heterocycles. The van der Waals surface area contributed by atoms with Gasteiger partial charge in [0.2, 0.25) is 0 Å². The molecule has 0 saturated carbocycles. The van der Waals surface area contributed by atoms with Crippen LogP contribution in [0.3, 0.4) is 0 Å². The fourth-order valence-corrected chi connectivity index (χ4v) is 0.948. The van der Waals surface area contributed by atoms with E-state index in [1.54, 1.807) is 6.08 Å². The fourth-order valence-electron chi connectivity index (χ4n) is 0.948. The van der Waals surface area contributed by atoms with E-state index in [1.165, 1.54) is 0 Å². The standard InChI is InChI=1S/C11H11NO/c12-9-8-11(13)7-6-10-4-2-1-3-5-10/h1-7,11,13H,8H2/b7-6+/t11-/m0/s1. The summed E-state index contributed by atoms with van der Waals surface area (Å²) in [6.07, 6.45) is 2.91. The summed E-state index contributed by atoms with van der Waals surface area (Å²) >= 11 is 0. The van der Waals surface area contributed by atoms with Gasteiger partial charge in [0.25, 0.3) is 0 Å². The molecule has 66 valence electrons. The molecule has 0 aromatic heterocycles. The molecule has 0 fully saturated rings. The number of rotatable bonds is 3. The van der Waals surface area contributed by atoms with Crippen molar-refractivity contribution in [1.82, 2.24) is 0 Å². The van der Waals surface area contributed by atoms with Crippen molar-refractivity contribution in [3.05, 3.63) is 42.0 Å². The molecular formula is C11H11NO. The summed E-state index contributed by atoms with van der Waals surface area (Å²) in [5.41, 5.74) is 1.03. The van der Waals surface area contributed by atoms with E-state index in [0.29, 0.717) is 0 Å². The van der Waals surface area contributed by atoms with E-state index < -0.39 is 6.10 Å². The highest BCUT2D eigenvalue weighted by molar-refractivity contribution is 5.49. The van der Waals surface area contributed by atoms with Gasteiger partial charge in [-0.05, 0) is 5.56 Å². The predicted molar refractivity (Wildman–Crippen MR) is 51.7 cm³/mol. The van der Waals surface area contributed by atoms with Crippen LogP contribution in [0.2, 0.25) is 0 Å². The van der Waals surface area contributed by atoms with E-state index >= 15 is 0 Å². The minimum atomic E-state index is -0.662. The van der Waals surface area contributed by atoms with Gasteiger partial charge in [-0.15, -0.1) is 0 Å². The van der Waals surface area contributed by atoms with Crippen LogP contribution >= 0.6 is 0 Å². The maximum absolute atomic E-state index is 9.20. The molecule has 1 aromatic carbocycles. The summed E-state index contributed by atoms with van der Waals surface area (Å²) in [6.45, 7) is 0. The normalized spacial score (nSPS) is 12.6. The number of nitrogens with zero attached hydrogens (tertiary/aromatic N) is 1. The SMILES string of the molecule is N#CC[C@@H](O)/C=C/c1ccccc1. The maximum atomic E-state index is 9.20. The summed E-state index contributed by atoms with van der Waals surface area (Å²) < 4.78 is 0. The molecule has 13 heavy (non-hydrogen) atoms. The first-order chi connectivity index (χ1) is 6.33. The smallest absolute Gasteiger partial charge is 0.0854 e. The van der Waals surface area contributed by atoms with Crippen molar-refractivity contribution >= 4 is 6.08 Å². The van der Waals surface area contributed by atoms with Crippen molar-refractivity contribution in [1.29, 1.82) is 5.26 Å². The van der Waals surface area contributed by atoms with E-state index in [4.69, 9.17) is 5.26 Å². The average molecular weight is 173 g/mol. The molecule has 0 spiro atoms. The summed E-state index contributed by atoms with van der Waals surface area (Å²) in [5, 5.41) is 17.5. The lowest BCUT2D eigenvalue weighted by Gasteiger charge is -1.97. The Hall–Kier alpha value is -1.59. The van der Waals surface area contributed by atoms with Crippen molar-refractivity contribution in [2.45, 2.75) is 12.5 Å². The van der Waals surface area contributed by atoms with Gasteiger partial charge in [0.05, 0.1) is 18.6 Å². The van der Waals surface area contributed by atoms with Crippen LogP contribution in [0.15, 0.2) is 36.4 Å². The minimum absolute atomic E-state index is 0.142. The third-order valence-electron chi connectivity index (χ3n) is 1.61. The maximum Gasteiger partial charge on any atom is 0.0854 e. The number of benzene rings is 1. The van der Waals surface area contributed by atoms with Gasteiger partial charge < -0.3 is 5.11 Å². The number of hydrogen-bond acceptors (Lipinski definition) is 2. The van der Waals surface area contributed by atoms with Crippen molar-refractivity contribution in [2.24, 2.45) is 0 Å². The second-order valence-corrected chi connectivity index (χ2v) is 2.70. The minimum Gasteiger partial charge on any atom is -0.388 e. The van der Waals surface area contributed by atoms with Crippen LogP contribution in [0.5, 0.6) is 0 Å². The van der Waals surface area contributed by atoms with E-state index in [-0.39, 0.29) is 6.42 Å². The van der Waals surface area contributed by atoms with Crippen molar-refractivity contribution in [2.75, 3.05) is 0 Å². The molecule has 0 aliphatic rings. The largest absolute Gasteiger partial charge is 0.388 e. The fraction of sp³-hybridized carbons (Fsp3) is 0.182. The summed E-state index contributed by atoms with van der Waals surface area (Å²) in [7, 11) is 0. The summed E-state index contributed by atoms with van der Waals surface area (Å²) in [5.74, 6) is 0. The van der Waals surface area contributed by atoms with Gasteiger partial charge in [0, 0.05) is 0 Å². The van der Waals surface area contributed by atoms with Gasteiger partial charge in [-0.1, -0.05) is 42.5 Å². The van der Waals surface area contributed by atoms with Gasteiger partial charge in [0.1, 0.15) is 0 Å². The van der Waals surface area contributed by atoms with Gasteiger partial charge in [0.15, 0.2) is 0 Å². The molecule has 0 amide bonds. The molecule has 0 saturated heterocycles. The lowest BCUT2D eigenvalue weighted by atomic mass is 10.2. The van der Waals surface area contributed by atoms with Crippen LogP contribution < -0.4 is 0 Å². The van der Waals surface area contributed by atoms with Crippen LogP contribution in [0.4, 0.5) is 0 Å². The Morgan fingerprint density at radius 3 is 2.69 bits per heavy atom. The van der Waals surface area contributed by atoms with Crippen LogP contribution in [-0.2, 0) is 0 Å². The Morgan fingerprint density at radius 1 is 1.38 bits per heavy atom. The quantitative estimate of drug-likeness (QED) is 0.759. The zero-order valence-corrected chi connectivity index (χ0v) is 7.22. The first-order valence-corrected chi connectivity index (χ1v) is 4.11. The zero-order chi connectivity index (χ0) is 9.52. The molecule has 2 nitrogen and oxygen atoms in total. The topological polar surface area (TPSA) is 44.0 Å². The highest BCUT2D eigenvalue weighted by atomic mass is 16.3. The van der Waals surface area contributed by atoms with Crippen LogP contribution in [-0.4, -0.2) is 11.2 Å². The summed E-state index contributed by atoms with van der Waals surface area (Å²) in [6, 6.07) is 11.6. The number of aliphatic hydroxyl groups is 1. The third kappa shape index (κ3) is 3.55. The molecule has 1 aromatic rings. The Kier molecular flexibility index (Phi) is 3.74. The van der Waals surface area contributed by atoms with E-state index in [0.717, 1.165) is 5.56 Å². The number of nitriles is 1. The van der Waals surface area contributed by atoms with Crippen molar-refractivity contribution < 1.29 is 5.11 Å². The lowest BCUT2D eigenvalue weighted by Crippen LogP contribution is -1.98. The van der Waals surface area contributed by atoms with Crippen LogP contribution in [0.25, 0.3) is 6.08 Å². The second kappa shape index (κ2) is 5.13. The molecule has 1 atom stereocenters. The second-order valence-electron chi connectivity index (χ2n) is 2.70. The van der Waals surface area contributed by atoms with Gasteiger partial charge >= 0.3 is 0 Å². The van der Waals surface area contributed by atoms with Gasteiger partial charge in [-0.2, -0.15) is 5.26 Å². The lowest BCUT2D eigenvalue weighted by molar-refractivity contribution is 0.229. The first kappa shape index (κ1) is 9.50. The molecule has 0 aliphatic carbocycles. The van der Waals surface area contributed by atoms with Crippen LogP contribution in [0.1, 0.15) is 12.0 Å². The Morgan fingerprint density at radius 2 is 2.08 bits per heavy atom. The Balaban J connectivity index is 2.55. The Bertz CT molecular complexity index is 311. The van der Waals surface area contributed by atoms with Gasteiger partial charge in [-0.3, -0.25) is 0 Å². The molecule has 0 heterocycles. The number of aliphatic hydroxyl groups excluding tert-OH is 1. The molecule has 1 N–H and O–H groups in total. The number of hydrogen-bond donors (Lipinski definition) is 1. The van der Waals surface area contributed by atoms with E-state index in [2.05, 4.69) is 0 Å². The first-order valence-electron chi connectivity index (χ1n) is 4.11. The monoisotopic (exact) mass is 173 g/mol. The molecular weight excluding hydrogens is 162 g/mol. The molecule has 0 unspecified atom stereocenters. The predicted octanol–water partition coefficient (Wildman–Crippen LogP) is 1.97. The zero-order valence-electron chi connectivity index (χ0n) is 7.22. The highest BCUT2D eigenvalue weighted by Crippen LogP contribution is 2.02. The van der Waals surface area contributed by atoms with Gasteiger partial charge in [-0.25, -0.2) is 0 Å². The third-order valence-corrected chi connectivity index (χ3v) is 1.61. The highest BCUT2D eigenvalue weighted by Gasteiger charge is 1.95. The summed E-state index contributed by atoms with van der Waals surface area (Å²) in [4.78, 5) is 0. The molecule has 0 bridgehead atoms.